The Bertz CT molecular complexity index is 1750. The second-order valence-corrected chi connectivity index (χ2v) is 13.7. The van der Waals surface area contributed by atoms with Crippen LogP contribution in [-0.4, -0.2) is 62.2 Å². The van der Waals surface area contributed by atoms with E-state index in [1.807, 2.05) is 13.0 Å². The van der Waals surface area contributed by atoms with Crippen molar-refractivity contribution in [2.24, 2.45) is 38.8 Å². The molecule has 0 saturated heterocycles. The van der Waals surface area contributed by atoms with E-state index in [0.717, 1.165) is 5.57 Å². The van der Waals surface area contributed by atoms with Gasteiger partial charge in [-0.3, -0.25) is 14.4 Å². The van der Waals surface area contributed by atoms with Crippen LogP contribution in [0.5, 0.6) is 5.75 Å². The van der Waals surface area contributed by atoms with Crippen LogP contribution >= 0.6 is 0 Å². The summed E-state index contributed by atoms with van der Waals surface area (Å²) in [5, 5.41) is 50.7. The fourth-order valence-electron chi connectivity index (χ4n) is 8.80. The highest BCUT2D eigenvalue weighted by molar-refractivity contribution is 5.94. The number of aliphatic hydroxyl groups excluding tert-OH is 1. The van der Waals surface area contributed by atoms with Crippen molar-refractivity contribution in [3.63, 3.8) is 0 Å². The molecule has 0 radical (unpaired) electrons. The fourth-order valence-corrected chi connectivity index (χ4v) is 8.80. The molecule has 11 heteroatoms. The number of esters is 1. The number of azo groups is 1. The van der Waals surface area contributed by atoms with Crippen LogP contribution in [0.4, 0.5) is 11.4 Å². The summed E-state index contributed by atoms with van der Waals surface area (Å²) in [5.41, 5.74) is -1.49. The summed E-state index contributed by atoms with van der Waals surface area (Å²) in [4.78, 5) is 50.0. The predicted octanol–water partition coefficient (Wildman–Crippen LogP) is 5.17. The van der Waals surface area contributed by atoms with E-state index in [0.29, 0.717) is 30.5 Å². The first-order valence-electron chi connectivity index (χ1n) is 15.8. The van der Waals surface area contributed by atoms with Crippen LogP contribution in [0, 0.1) is 28.6 Å². The topological polar surface area (TPSA) is 183 Å². The van der Waals surface area contributed by atoms with Gasteiger partial charge in [0.1, 0.15) is 16.9 Å². The van der Waals surface area contributed by atoms with Crippen molar-refractivity contribution in [2.75, 3.05) is 6.61 Å². The molecule has 0 aromatic heterocycles. The molecule has 0 bridgehead atoms. The van der Waals surface area contributed by atoms with Gasteiger partial charge in [-0.05, 0) is 73.4 Å². The van der Waals surface area contributed by atoms with E-state index in [2.05, 4.69) is 23.2 Å². The maximum absolute atomic E-state index is 13.6. The van der Waals surface area contributed by atoms with Gasteiger partial charge in [-0.15, -0.1) is 0 Å². The van der Waals surface area contributed by atoms with E-state index in [4.69, 9.17) is 4.74 Å². The molecule has 11 nitrogen and oxygen atoms in total. The van der Waals surface area contributed by atoms with E-state index >= 15 is 0 Å². The second-order valence-electron chi connectivity index (χ2n) is 13.7. The Hall–Kier alpha value is -4.48. The number of aromatic hydroxyl groups is 1. The number of carbonyl (C=O) groups excluding carboxylic acids is 3. The van der Waals surface area contributed by atoms with Crippen LogP contribution in [0.2, 0.25) is 0 Å². The number of carboxylic acids is 1. The first kappa shape index (κ1) is 32.5. The van der Waals surface area contributed by atoms with E-state index < -0.39 is 52.6 Å². The zero-order chi connectivity index (χ0) is 33.7. The highest BCUT2D eigenvalue weighted by Crippen LogP contribution is 2.66. The number of aliphatic hydroxyl groups is 2. The third-order valence-electron chi connectivity index (χ3n) is 11.2. The Morgan fingerprint density at radius 1 is 1.09 bits per heavy atom. The number of phenols is 1. The van der Waals surface area contributed by atoms with Crippen molar-refractivity contribution in [1.29, 1.82) is 0 Å². The Balaban J connectivity index is 1.13. The Morgan fingerprint density at radius 3 is 2.62 bits per heavy atom. The number of Topliss-reactive ketones (excluding diaryl/α,β-unsaturated/α-hetero) is 1. The third kappa shape index (κ3) is 5.51. The maximum atomic E-state index is 13.6. The summed E-state index contributed by atoms with van der Waals surface area (Å²) < 4.78 is 5.39. The number of carboxylic acid groups (broad SMARTS) is 1. The van der Waals surface area contributed by atoms with Crippen molar-refractivity contribution >= 4 is 34.9 Å². The number of carbonyl (C=O) groups is 4. The van der Waals surface area contributed by atoms with Gasteiger partial charge in [0.05, 0.1) is 23.9 Å². The average molecular weight is 643 g/mol. The van der Waals surface area contributed by atoms with Crippen LogP contribution in [0.1, 0.15) is 61.9 Å². The minimum atomic E-state index is -1.78. The van der Waals surface area contributed by atoms with Crippen molar-refractivity contribution in [3.05, 3.63) is 77.4 Å². The lowest BCUT2D eigenvalue weighted by molar-refractivity contribution is -0.179. The Kier molecular flexibility index (Phi) is 8.26. The minimum Gasteiger partial charge on any atom is -0.507 e. The Morgan fingerprint density at radius 2 is 1.85 bits per heavy atom. The average Bonchev–Trinajstić information content (AvgIpc) is 3.30. The molecule has 246 valence electrons. The molecule has 2 aromatic rings. The number of benzene rings is 2. The standard InChI is InChI=1S/C36H38N2O9/c1-34-13-11-23(39)16-21(34)7-9-24-26-12-14-36(46,35(26,2)18-29(41)32(24)34)30(42)19-47-31(43)15-20-5-3-4-6-27(20)38-37-22-8-10-28(40)25(17-22)33(44)45/h3-8,10-11,13,17,24,26,29,32,40-41,46H,9,12,14-16,18-19H2,1-2H3,(H,44,45). The number of allylic oxidation sites excluding steroid dienone is 4. The molecule has 7 unspecified atom stereocenters. The summed E-state index contributed by atoms with van der Waals surface area (Å²) in [6, 6.07) is 10.4. The molecule has 6 rings (SSSR count). The van der Waals surface area contributed by atoms with Gasteiger partial charge in [0.25, 0.3) is 0 Å². The van der Waals surface area contributed by atoms with Crippen LogP contribution in [0.15, 0.2) is 76.5 Å². The van der Waals surface area contributed by atoms with Crippen molar-refractivity contribution in [3.8, 4) is 5.75 Å². The molecule has 0 amide bonds. The molecule has 47 heavy (non-hydrogen) atoms. The molecule has 0 heterocycles. The third-order valence-corrected chi connectivity index (χ3v) is 11.2. The maximum Gasteiger partial charge on any atom is 0.339 e. The first-order valence-corrected chi connectivity index (χ1v) is 15.8. The molecular formula is C36H38N2O9. The number of rotatable bonds is 8. The largest absolute Gasteiger partial charge is 0.507 e. The molecule has 0 aliphatic heterocycles. The quantitative estimate of drug-likeness (QED) is 0.171. The van der Waals surface area contributed by atoms with Gasteiger partial charge in [0.15, 0.2) is 12.4 Å². The number of fused-ring (bicyclic) bond motifs is 5. The summed E-state index contributed by atoms with van der Waals surface area (Å²) in [7, 11) is 0. The second kappa shape index (κ2) is 12.0. The van der Waals surface area contributed by atoms with Crippen LogP contribution in [0.25, 0.3) is 0 Å². The van der Waals surface area contributed by atoms with E-state index in [-0.39, 0.29) is 54.1 Å². The number of ketones is 2. The lowest BCUT2D eigenvalue weighted by Crippen LogP contribution is -2.61. The number of aromatic carboxylic acids is 1. The first-order chi connectivity index (χ1) is 22.3. The minimum absolute atomic E-state index is 0.0164. The van der Waals surface area contributed by atoms with Gasteiger partial charge in [-0.25, -0.2) is 4.79 Å². The number of ether oxygens (including phenoxy) is 1. The molecular weight excluding hydrogens is 604 g/mol. The van der Waals surface area contributed by atoms with Gasteiger partial charge < -0.3 is 25.2 Å². The van der Waals surface area contributed by atoms with E-state index in [1.165, 1.54) is 18.2 Å². The zero-order valence-electron chi connectivity index (χ0n) is 26.3. The lowest BCUT2D eigenvalue weighted by Gasteiger charge is -2.58. The lowest BCUT2D eigenvalue weighted by atomic mass is 9.47. The van der Waals surface area contributed by atoms with Gasteiger partial charge in [-0.1, -0.05) is 49.8 Å². The highest BCUT2D eigenvalue weighted by atomic mass is 16.5. The number of hydrogen-bond acceptors (Lipinski definition) is 10. The monoisotopic (exact) mass is 642 g/mol. The summed E-state index contributed by atoms with van der Waals surface area (Å²) in [6.45, 7) is 3.31. The van der Waals surface area contributed by atoms with Crippen LogP contribution in [0.3, 0.4) is 0 Å². The zero-order valence-corrected chi connectivity index (χ0v) is 26.3. The van der Waals surface area contributed by atoms with Crippen molar-refractivity contribution in [2.45, 2.75) is 64.1 Å². The molecule has 2 aromatic carbocycles. The van der Waals surface area contributed by atoms with Gasteiger partial charge in [0, 0.05) is 23.2 Å². The smallest absolute Gasteiger partial charge is 0.339 e. The number of hydrogen-bond donors (Lipinski definition) is 4. The summed E-state index contributed by atoms with van der Waals surface area (Å²) >= 11 is 0. The van der Waals surface area contributed by atoms with Gasteiger partial charge >= 0.3 is 11.9 Å². The van der Waals surface area contributed by atoms with Crippen molar-refractivity contribution in [1.82, 2.24) is 0 Å². The van der Waals surface area contributed by atoms with Gasteiger partial charge in [-0.2, -0.15) is 10.2 Å². The van der Waals surface area contributed by atoms with Crippen LogP contribution < -0.4 is 0 Å². The van der Waals surface area contributed by atoms with Crippen molar-refractivity contribution < 1.29 is 44.3 Å². The summed E-state index contributed by atoms with van der Waals surface area (Å²) in [6.07, 6.45) is 6.62. The molecule has 4 aliphatic rings. The number of nitrogens with zero attached hydrogens (tertiary/aromatic N) is 2. The van der Waals surface area contributed by atoms with Crippen LogP contribution in [-0.2, 0) is 25.5 Å². The molecule has 4 N–H and O–H groups in total. The van der Waals surface area contributed by atoms with E-state index in [9.17, 15) is 39.6 Å². The molecule has 2 saturated carbocycles. The fraction of sp³-hybridized carbons (Fsp3) is 0.444. The highest BCUT2D eigenvalue weighted by Gasteiger charge is 2.68. The van der Waals surface area contributed by atoms with E-state index in [1.54, 1.807) is 30.3 Å². The van der Waals surface area contributed by atoms with Gasteiger partial charge in [0.2, 0.25) is 5.78 Å². The normalized spacial score (nSPS) is 32.7. The molecule has 0 spiro atoms. The predicted molar refractivity (Wildman–Crippen MR) is 168 cm³/mol. The molecule has 4 aliphatic carbocycles. The molecule has 2 fully saturated rings. The molecule has 7 atom stereocenters. The summed E-state index contributed by atoms with van der Waals surface area (Å²) in [5.74, 6) is -3.13. The Labute approximate surface area is 271 Å². The SMILES string of the molecule is CC12C=CC(=O)CC1=CCC1C2C(O)CC2(C)C1CCC2(O)C(=O)COC(=O)Cc1ccccc1N=Nc1ccc(O)c(C(=O)O)c1.